The quantitative estimate of drug-likeness (QED) is 0.194. The van der Waals surface area contributed by atoms with Crippen molar-refractivity contribution in [1.82, 2.24) is 0 Å². The molecule has 1 aliphatic rings. The number of hydrogen-bond donors (Lipinski definition) is 0. The van der Waals surface area contributed by atoms with Gasteiger partial charge >= 0.3 is 12.4 Å². The monoisotopic (exact) mass is 545 g/mol. The first-order valence-corrected chi connectivity index (χ1v) is 13.0. The zero-order valence-corrected chi connectivity index (χ0v) is 21.5. The number of halogens is 6. The minimum Gasteiger partial charge on any atom is -0.278 e. The summed E-state index contributed by atoms with van der Waals surface area (Å²) in [5.41, 5.74) is 0.579. The number of alkyl halides is 6. The van der Waals surface area contributed by atoms with Crippen molar-refractivity contribution < 1.29 is 26.3 Å². The van der Waals surface area contributed by atoms with Crippen LogP contribution in [-0.4, -0.2) is 18.2 Å². The highest BCUT2D eigenvalue weighted by molar-refractivity contribution is 6.38. The topological polar surface area (TPSA) is 28.0 Å². The van der Waals surface area contributed by atoms with E-state index in [-0.39, 0.29) is 5.69 Å². The fourth-order valence-electron chi connectivity index (χ4n) is 4.45. The Labute approximate surface area is 223 Å². The van der Waals surface area contributed by atoms with E-state index in [1.54, 1.807) is 4.90 Å². The lowest BCUT2D eigenvalue weighted by Crippen LogP contribution is -2.31. The Bertz CT molecular complexity index is 1310. The normalized spacial score (nSPS) is 15.8. The number of amidine groups is 2. The summed E-state index contributed by atoms with van der Waals surface area (Å²) < 4.78 is 78.9. The number of nitrogens with zero attached hydrogens (tertiary/aromatic N) is 3. The first kappa shape index (κ1) is 28.4. The van der Waals surface area contributed by atoms with Crippen LogP contribution in [0, 0.1) is 0 Å². The third kappa shape index (κ3) is 6.88. The van der Waals surface area contributed by atoms with Crippen LogP contribution in [0.2, 0.25) is 0 Å². The molecule has 3 aromatic rings. The van der Waals surface area contributed by atoms with Gasteiger partial charge in [-0.2, -0.15) is 26.3 Å². The molecule has 0 fully saturated rings. The average Bonchev–Trinajstić information content (AvgIpc) is 3.20. The summed E-state index contributed by atoms with van der Waals surface area (Å²) in [6.45, 7) is 2.68. The van der Waals surface area contributed by atoms with Crippen LogP contribution in [0.1, 0.15) is 67.7 Å². The maximum atomic E-state index is 13.2. The lowest BCUT2D eigenvalue weighted by Gasteiger charge is -2.21. The molecule has 0 bridgehead atoms. The summed E-state index contributed by atoms with van der Waals surface area (Å²) in [6.07, 6.45) is -2.47. The van der Waals surface area contributed by atoms with Gasteiger partial charge in [0.05, 0.1) is 16.8 Å². The van der Waals surface area contributed by atoms with Crippen LogP contribution >= 0.6 is 0 Å². The number of anilines is 1. The standard InChI is InChI=1S/C30H29F6N3/c1-2-3-4-5-6-9-20-37-27-25-10-7-8-11-26(25)28(38-23-16-12-21(13-17-23)29(31,32)33)39(27)24-18-14-22(15-19-24)30(34,35)36/h7-8,10-19H,2-6,9,20H2,1H3. The second kappa shape index (κ2) is 12.1. The molecule has 4 rings (SSSR count). The molecule has 0 unspecified atom stereocenters. The third-order valence-electron chi connectivity index (χ3n) is 6.49. The van der Waals surface area contributed by atoms with Crippen LogP contribution in [0.3, 0.4) is 0 Å². The summed E-state index contributed by atoms with van der Waals surface area (Å²) in [6, 6.07) is 16.5. The smallest absolute Gasteiger partial charge is 0.278 e. The largest absolute Gasteiger partial charge is 0.416 e. The average molecular weight is 546 g/mol. The van der Waals surface area contributed by atoms with Crippen molar-refractivity contribution >= 4 is 23.0 Å². The minimum atomic E-state index is -4.49. The molecule has 1 aliphatic heterocycles. The fraction of sp³-hybridized carbons (Fsp3) is 0.333. The van der Waals surface area contributed by atoms with Gasteiger partial charge in [0.2, 0.25) is 0 Å². The van der Waals surface area contributed by atoms with Crippen LogP contribution in [-0.2, 0) is 12.4 Å². The molecule has 206 valence electrons. The van der Waals surface area contributed by atoms with Gasteiger partial charge in [0.1, 0.15) is 11.7 Å². The molecule has 3 nitrogen and oxygen atoms in total. The number of rotatable bonds is 9. The predicted octanol–water partition coefficient (Wildman–Crippen LogP) is 9.43. The third-order valence-corrected chi connectivity index (χ3v) is 6.49. The van der Waals surface area contributed by atoms with Crippen LogP contribution < -0.4 is 4.90 Å². The Morgan fingerprint density at radius 3 is 1.69 bits per heavy atom. The van der Waals surface area contributed by atoms with Crippen LogP contribution in [0.15, 0.2) is 82.8 Å². The predicted molar refractivity (Wildman–Crippen MR) is 143 cm³/mol. The zero-order chi connectivity index (χ0) is 28.0. The van der Waals surface area contributed by atoms with Crippen molar-refractivity contribution in [3.8, 4) is 0 Å². The van der Waals surface area contributed by atoms with Crippen LogP contribution in [0.25, 0.3) is 0 Å². The highest BCUT2D eigenvalue weighted by Gasteiger charge is 2.35. The van der Waals surface area contributed by atoms with E-state index in [1.807, 2.05) is 24.3 Å². The molecule has 0 saturated heterocycles. The molecule has 0 atom stereocenters. The molecule has 9 heteroatoms. The highest BCUT2D eigenvalue weighted by Crippen LogP contribution is 2.35. The van der Waals surface area contributed by atoms with E-state index in [0.717, 1.165) is 61.9 Å². The molecular formula is C30H29F6N3. The summed E-state index contributed by atoms with van der Waals surface area (Å²) in [5, 5.41) is 0. The van der Waals surface area contributed by atoms with E-state index < -0.39 is 23.5 Å². The lowest BCUT2D eigenvalue weighted by molar-refractivity contribution is -0.138. The Kier molecular flexibility index (Phi) is 8.77. The molecule has 0 N–H and O–H groups in total. The number of hydrogen-bond acceptors (Lipinski definition) is 2. The fourth-order valence-corrected chi connectivity index (χ4v) is 4.45. The van der Waals surface area contributed by atoms with Crippen molar-refractivity contribution in [3.05, 3.63) is 95.1 Å². The maximum absolute atomic E-state index is 13.2. The first-order chi connectivity index (χ1) is 18.6. The molecular weight excluding hydrogens is 516 g/mol. The second-order valence-electron chi connectivity index (χ2n) is 9.38. The molecule has 0 aliphatic carbocycles. The van der Waals surface area contributed by atoms with Crippen LogP contribution in [0.5, 0.6) is 0 Å². The van der Waals surface area contributed by atoms with Gasteiger partial charge in [-0.05, 0) is 55.0 Å². The number of aliphatic imine (C=N–C) groups is 2. The first-order valence-electron chi connectivity index (χ1n) is 13.0. The van der Waals surface area contributed by atoms with Gasteiger partial charge in [0.15, 0.2) is 0 Å². The van der Waals surface area contributed by atoms with E-state index >= 15 is 0 Å². The number of unbranched alkanes of at least 4 members (excludes halogenated alkanes) is 5. The number of benzene rings is 3. The molecule has 3 aromatic carbocycles. The number of fused-ring (bicyclic) bond motifs is 1. The van der Waals surface area contributed by atoms with Gasteiger partial charge in [-0.25, -0.2) is 4.99 Å². The summed E-state index contributed by atoms with van der Waals surface area (Å²) in [7, 11) is 0. The summed E-state index contributed by atoms with van der Waals surface area (Å²) >= 11 is 0. The molecule has 0 aromatic heterocycles. The van der Waals surface area contributed by atoms with E-state index in [2.05, 4.69) is 11.9 Å². The zero-order valence-electron chi connectivity index (χ0n) is 21.5. The Morgan fingerprint density at radius 2 is 1.13 bits per heavy atom. The van der Waals surface area contributed by atoms with Crippen molar-refractivity contribution in [2.24, 2.45) is 9.98 Å². The van der Waals surface area contributed by atoms with Gasteiger partial charge < -0.3 is 0 Å². The van der Waals surface area contributed by atoms with E-state index in [4.69, 9.17) is 4.99 Å². The molecule has 0 spiro atoms. The lowest BCUT2D eigenvalue weighted by atomic mass is 10.1. The van der Waals surface area contributed by atoms with E-state index in [0.29, 0.717) is 29.5 Å². The van der Waals surface area contributed by atoms with Gasteiger partial charge in [0.25, 0.3) is 0 Å². The Balaban J connectivity index is 1.73. The minimum absolute atomic E-state index is 0.280. The SMILES string of the molecule is CCCCCCCCN=C1c2ccccc2C(=Nc2ccc(C(F)(F)F)cc2)N1c1ccc(C(F)(F)F)cc1. The molecule has 0 radical (unpaired) electrons. The Hall–Kier alpha value is -3.62. The van der Waals surface area contributed by atoms with Gasteiger partial charge in [-0.1, -0.05) is 63.3 Å². The second-order valence-corrected chi connectivity index (χ2v) is 9.38. The van der Waals surface area contributed by atoms with Crippen molar-refractivity contribution in [2.45, 2.75) is 57.8 Å². The van der Waals surface area contributed by atoms with E-state index in [1.165, 1.54) is 30.7 Å². The van der Waals surface area contributed by atoms with Crippen molar-refractivity contribution in [3.63, 3.8) is 0 Å². The van der Waals surface area contributed by atoms with Gasteiger partial charge in [-0.15, -0.1) is 0 Å². The highest BCUT2D eigenvalue weighted by atomic mass is 19.4. The Morgan fingerprint density at radius 1 is 0.615 bits per heavy atom. The van der Waals surface area contributed by atoms with Crippen molar-refractivity contribution in [1.29, 1.82) is 0 Å². The van der Waals surface area contributed by atoms with Crippen LogP contribution in [0.4, 0.5) is 37.7 Å². The molecule has 0 saturated carbocycles. The summed E-state index contributed by atoms with van der Waals surface area (Å²) in [5.74, 6) is 0.927. The summed E-state index contributed by atoms with van der Waals surface area (Å²) in [4.78, 5) is 11.2. The molecule has 1 heterocycles. The maximum Gasteiger partial charge on any atom is 0.416 e. The molecule has 0 amide bonds. The van der Waals surface area contributed by atoms with Gasteiger partial charge in [0, 0.05) is 23.4 Å². The van der Waals surface area contributed by atoms with E-state index in [9.17, 15) is 26.3 Å². The van der Waals surface area contributed by atoms with Crippen molar-refractivity contribution in [2.75, 3.05) is 11.4 Å². The van der Waals surface area contributed by atoms with Gasteiger partial charge in [-0.3, -0.25) is 9.89 Å². The molecule has 39 heavy (non-hydrogen) atoms.